The molecule has 0 amide bonds. The van der Waals surface area contributed by atoms with Gasteiger partial charge < -0.3 is 9.84 Å². The fraction of sp³-hybridized carbons (Fsp3) is 1.00. The van der Waals surface area contributed by atoms with Gasteiger partial charge in [0.05, 0.1) is 6.61 Å². The van der Waals surface area contributed by atoms with Crippen molar-refractivity contribution in [2.75, 3.05) is 13.2 Å². The molecule has 18 heavy (non-hydrogen) atoms. The van der Waals surface area contributed by atoms with E-state index < -0.39 is 18.9 Å². The van der Waals surface area contributed by atoms with Crippen molar-refractivity contribution in [1.82, 2.24) is 0 Å². The Kier molecular flexibility index (Phi) is 10.4. The van der Waals surface area contributed by atoms with Crippen molar-refractivity contribution >= 4 is 0 Å². The second-order valence-electron chi connectivity index (χ2n) is 4.61. The molecule has 0 saturated heterocycles. The highest BCUT2D eigenvalue weighted by Crippen LogP contribution is 2.20. The molecule has 0 saturated carbocycles. The quantitative estimate of drug-likeness (QED) is 0.573. The largest absolute Gasteiger partial charge is 0.416 e. The molecule has 0 heterocycles. The number of unbranched alkanes of at least 4 members (excludes halogenated alkanes) is 7. The normalized spacial score (nSPS) is 13.8. The van der Waals surface area contributed by atoms with Crippen molar-refractivity contribution in [1.29, 1.82) is 0 Å². The highest BCUT2D eigenvalue weighted by Gasteiger charge is 2.38. The average molecular weight is 270 g/mol. The Morgan fingerprint density at radius 2 is 1.44 bits per heavy atom. The van der Waals surface area contributed by atoms with Gasteiger partial charge in [0.2, 0.25) is 0 Å². The third-order valence-corrected chi connectivity index (χ3v) is 2.80. The second-order valence-corrected chi connectivity index (χ2v) is 4.61. The van der Waals surface area contributed by atoms with Gasteiger partial charge in [-0.1, -0.05) is 51.9 Å². The van der Waals surface area contributed by atoms with Crippen molar-refractivity contribution in [2.24, 2.45) is 0 Å². The topological polar surface area (TPSA) is 29.5 Å². The van der Waals surface area contributed by atoms with Crippen LogP contribution < -0.4 is 0 Å². The van der Waals surface area contributed by atoms with Gasteiger partial charge >= 0.3 is 6.18 Å². The van der Waals surface area contributed by atoms with Crippen LogP contribution in [0.1, 0.15) is 58.3 Å². The number of aliphatic hydroxyl groups excluding tert-OH is 1. The lowest BCUT2D eigenvalue weighted by atomic mass is 10.1. The van der Waals surface area contributed by atoms with Crippen molar-refractivity contribution < 1.29 is 23.0 Å². The lowest BCUT2D eigenvalue weighted by Gasteiger charge is -2.14. The molecule has 0 bridgehead atoms. The predicted octanol–water partition coefficient (Wildman–Crippen LogP) is 4.07. The molecule has 0 aliphatic carbocycles. The summed E-state index contributed by atoms with van der Waals surface area (Å²) in [7, 11) is 0. The van der Waals surface area contributed by atoms with Gasteiger partial charge in [0.1, 0.15) is 0 Å². The SMILES string of the molecule is CCCCCCCCCCOCC(O)C(F)(F)F. The van der Waals surface area contributed by atoms with Crippen LogP contribution in [0.4, 0.5) is 13.2 Å². The van der Waals surface area contributed by atoms with Crippen LogP contribution in [-0.4, -0.2) is 30.6 Å². The van der Waals surface area contributed by atoms with Crippen LogP contribution in [0.25, 0.3) is 0 Å². The molecule has 1 atom stereocenters. The van der Waals surface area contributed by atoms with Crippen LogP contribution in [0.5, 0.6) is 0 Å². The zero-order chi connectivity index (χ0) is 13.9. The van der Waals surface area contributed by atoms with E-state index in [0.717, 1.165) is 19.3 Å². The van der Waals surface area contributed by atoms with Gasteiger partial charge in [-0.3, -0.25) is 0 Å². The number of ether oxygens (including phenoxy) is 1. The van der Waals surface area contributed by atoms with Gasteiger partial charge in [0, 0.05) is 6.61 Å². The van der Waals surface area contributed by atoms with Gasteiger partial charge in [0.25, 0.3) is 0 Å². The molecule has 0 radical (unpaired) electrons. The molecular formula is C13H25F3O2. The minimum atomic E-state index is -4.57. The first-order chi connectivity index (χ1) is 8.48. The molecule has 0 aliphatic rings. The molecule has 1 unspecified atom stereocenters. The van der Waals surface area contributed by atoms with Crippen LogP contribution in [0.15, 0.2) is 0 Å². The van der Waals surface area contributed by atoms with Gasteiger partial charge in [-0.2, -0.15) is 13.2 Å². The fourth-order valence-electron chi connectivity index (χ4n) is 1.63. The third-order valence-electron chi connectivity index (χ3n) is 2.80. The maximum atomic E-state index is 11.9. The van der Waals surface area contributed by atoms with Crippen LogP contribution in [0.2, 0.25) is 0 Å². The highest BCUT2D eigenvalue weighted by atomic mass is 19.4. The smallest absolute Gasteiger partial charge is 0.382 e. The van der Waals surface area contributed by atoms with E-state index in [4.69, 9.17) is 9.84 Å². The standard InChI is InChI=1S/C13H25F3O2/c1-2-3-4-5-6-7-8-9-10-18-11-12(17)13(14,15)16/h12,17H,2-11H2,1H3. The maximum absolute atomic E-state index is 11.9. The molecular weight excluding hydrogens is 245 g/mol. The summed E-state index contributed by atoms with van der Waals surface area (Å²) >= 11 is 0. The summed E-state index contributed by atoms with van der Waals surface area (Å²) in [6.07, 6.45) is 2.12. The number of alkyl halides is 3. The summed E-state index contributed by atoms with van der Waals surface area (Å²) in [4.78, 5) is 0. The first-order valence-corrected chi connectivity index (χ1v) is 6.81. The maximum Gasteiger partial charge on any atom is 0.416 e. The first kappa shape index (κ1) is 17.7. The van der Waals surface area contributed by atoms with E-state index in [-0.39, 0.29) is 0 Å². The van der Waals surface area contributed by atoms with E-state index in [1.54, 1.807) is 0 Å². The minimum absolute atomic E-state index is 0.294. The monoisotopic (exact) mass is 270 g/mol. The lowest BCUT2D eigenvalue weighted by molar-refractivity contribution is -0.217. The summed E-state index contributed by atoms with van der Waals surface area (Å²) in [5.74, 6) is 0. The molecule has 0 aliphatic heterocycles. The Hall–Kier alpha value is -0.290. The number of aliphatic hydroxyl groups is 1. The Labute approximate surface area is 108 Å². The van der Waals surface area contributed by atoms with E-state index in [1.807, 2.05) is 0 Å². The molecule has 0 spiro atoms. The van der Waals surface area contributed by atoms with Crippen molar-refractivity contribution in [3.05, 3.63) is 0 Å². The average Bonchev–Trinajstić information content (AvgIpc) is 2.30. The summed E-state index contributed by atoms with van der Waals surface area (Å²) in [6, 6.07) is 0. The predicted molar refractivity (Wildman–Crippen MR) is 65.5 cm³/mol. The van der Waals surface area contributed by atoms with Gasteiger partial charge in [-0.15, -0.1) is 0 Å². The summed E-state index contributed by atoms with van der Waals surface area (Å²) in [5.41, 5.74) is 0. The fourth-order valence-corrected chi connectivity index (χ4v) is 1.63. The van der Waals surface area contributed by atoms with Gasteiger partial charge in [-0.05, 0) is 6.42 Å². The molecule has 0 aromatic carbocycles. The zero-order valence-electron chi connectivity index (χ0n) is 11.1. The van der Waals surface area contributed by atoms with E-state index >= 15 is 0 Å². The third kappa shape index (κ3) is 10.8. The zero-order valence-corrected chi connectivity index (χ0v) is 11.1. The van der Waals surface area contributed by atoms with E-state index in [0.29, 0.717) is 6.61 Å². The minimum Gasteiger partial charge on any atom is -0.382 e. The van der Waals surface area contributed by atoms with Crippen molar-refractivity contribution in [2.45, 2.75) is 70.6 Å². The lowest BCUT2D eigenvalue weighted by Crippen LogP contribution is -2.33. The Bertz CT molecular complexity index is 184. The molecule has 0 rings (SSSR count). The molecule has 2 nitrogen and oxygen atoms in total. The number of rotatable bonds is 11. The van der Waals surface area contributed by atoms with Crippen LogP contribution in [-0.2, 0) is 4.74 Å². The van der Waals surface area contributed by atoms with Crippen LogP contribution in [0.3, 0.4) is 0 Å². The van der Waals surface area contributed by atoms with E-state index in [2.05, 4.69) is 6.92 Å². The molecule has 0 aromatic rings. The molecule has 1 N–H and O–H groups in total. The molecule has 5 heteroatoms. The van der Waals surface area contributed by atoms with Crippen LogP contribution >= 0.6 is 0 Å². The van der Waals surface area contributed by atoms with Crippen molar-refractivity contribution in [3.63, 3.8) is 0 Å². The Morgan fingerprint density at radius 3 is 1.94 bits per heavy atom. The highest BCUT2D eigenvalue weighted by molar-refractivity contribution is 4.63. The summed E-state index contributed by atoms with van der Waals surface area (Å²) in [5, 5.41) is 8.66. The van der Waals surface area contributed by atoms with Gasteiger partial charge in [0.15, 0.2) is 6.10 Å². The molecule has 110 valence electrons. The first-order valence-electron chi connectivity index (χ1n) is 6.81. The summed E-state index contributed by atoms with van der Waals surface area (Å²) in [6.45, 7) is 1.81. The number of halogens is 3. The second kappa shape index (κ2) is 10.6. The summed E-state index contributed by atoms with van der Waals surface area (Å²) < 4.78 is 40.5. The molecule has 0 aromatic heterocycles. The number of hydrogen-bond acceptors (Lipinski definition) is 2. The number of hydrogen-bond donors (Lipinski definition) is 1. The van der Waals surface area contributed by atoms with Gasteiger partial charge in [-0.25, -0.2) is 0 Å². The van der Waals surface area contributed by atoms with E-state index in [9.17, 15) is 13.2 Å². The van der Waals surface area contributed by atoms with E-state index in [1.165, 1.54) is 32.1 Å². The molecule has 0 fully saturated rings. The Morgan fingerprint density at radius 1 is 0.944 bits per heavy atom. The Balaban J connectivity index is 3.17. The van der Waals surface area contributed by atoms with Crippen molar-refractivity contribution in [3.8, 4) is 0 Å². The van der Waals surface area contributed by atoms with Crippen LogP contribution in [0, 0.1) is 0 Å².